The average molecular weight is 336 g/mol. The van der Waals surface area contributed by atoms with E-state index in [0.717, 1.165) is 15.9 Å². The molecule has 4 nitrogen and oxygen atoms in total. The molecule has 0 amide bonds. The first kappa shape index (κ1) is 14.6. The maximum absolute atomic E-state index is 9.40. The Labute approximate surface area is 125 Å². The number of methoxy groups -OCH3 is 1. The van der Waals surface area contributed by atoms with E-state index < -0.39 is 0 Å². The SMILES string of the molecule is COCC(=[Se])N(c1ccc(O)cc1)c1ccc(O)cc1. The predicted molar refractivity (Wildman–Crippen MR) is 81.0 cm³/mol. The van der Waals surface area contributed by atoms with Crippen molar-refractivity contribution in [3.8, 4) is 11.5 Å². The summed E-state index contributed by atoms with van der Waals surface area (Å²) < 4.78 is 6.04. The van der Waals surface area contributed by atoms with E-state index in [1.165, 1.54) is 0 Å². The fourth-order valence-electron chi connectivity index (χ4n) is 1.83. The molecule has 0 aliphatic carbocycles. The Morgan fingerprint density at radius 3 is 1.70 bits per heavy atom. The van der Waals surface area contributed by atoms with Crippen LogP contribution in [-0.4, -0.2) is 44.0 Å². The molecule has 0 unspecified atom stereocenters. The van der Waals surface area contributed by atoms with Gasteiger partial charge in [-0.05, 0) is 0 Å². The van der Waals surface area contributed by atoms with Gasteiger partial charge in [0.2, 0.25) is 0 Å². The molecule has 0 atom stereocenters. The summed E-state index contributed by atoms with van der Waals surface area (Å²) in [5.74, 6) is 0.431. The van der Waals surface area contributed by atoms with E-state index in [1.807, 2.05) is 29.2 Å². The van der Waals surface area contributed by atoms with Crippen LogP contribution in [0.5, 0.6) is 11.5 Å². The Balaban J connectivity index is 2.41. The van der Waals surface area contributed by atoms with Gasteiger partial charge >= 0.3 is 125 Å². The number of phenolic OH excluding ortho intramolecular Hbond substituents is 2. The molecule has 104 valence electrons. The minimum absolute atomic E-state index is 0.216. The second-order valence-electron chi connectivity index (χ2n) is 4.19. The van der Waals surface area contributed by atoms with Crippen LogP contribution in [-0.2, 0) is 4.74 Å². The minimum atomic E-state index is 0.216. The topological polar surface area (TPSA) is 52.9 Å². The molecule has 0 saturated carbocycles. The molecule has 5 heteroatoms. The van der Waals surface area contributed by atoms with Gasteiger partial charge in [0, 0.05) is 0 Å². The Bertz CT molecular complexity index is 536. The zero-order chi connectivity index (χ0) is 14.5. The number of aromatic hydroxyl groups is 2. The summed E-state index contributed by atoms with van der Waals surface area (Å²) in [6, 6.07) is 13.8. The number of anilines is 2. The van der Waals surface area contributed by atoms with Crippen LogP contribution in [0.15, 0.2) is 48.5 Å². The van der Waals surface area contributed by atoms with E-state index in [1.54, 1.807) is 31.4 Å². The molecule has 2 aromatic rings. The number of rotatable bonds is 5. The maximum atomic E-state index is 9.40. The van der Waals surface area contributed by atoms with Crippen LogP contribution < -0.4 is 4.90 Å². The fourth-order valence-corrected chi connectivity index (χ4v) is 2.52. The van der Waals surface area contributed by atoms with Gasteiger partial charge in [-0.1, -0.05) is 0 Å². The molecule has 0 aliphatic heterocycles. The quantitative estimate of drug-likeness (QED) is 0.822. The Kier molecular flexibility index (Phi) is 4.79. The second kappa shape index (κ2) is 6.57. The molecule has 0 spiro atoms. The third-order valence-corrected chi connectivity index (χ3v) is 3.36. The summed E-state index contributed by atoms with van der Waals surface area (Å²) in [5, 5.41) is 18.8. The van der Waals surface area contributed by atoms with Crippen molar-refractivity contribution in [1.29, 1.82) is 0 Å². The molecular formula is C15H15NO3Se. The van der Waals surface area contributed by atoms with Crippen LogP contribution in [0.1, 0.15) is 0 Å². The van der Waals surface area contributed by atoms with Crippen LogP contribution in [0.3, 0.4) is 0 Å². The predicted octanol–water partition coefficient (Wildman–Crippen LogP) is 2.18. The summed E-state index contributed by atoms with van der Waals surface area (Å²) >= 11 is 3.00. The standard InChI is InChI=1S/C15H15NO3Se/c1-19-10-15(20)16(11-2-6-13(17)7-3-11)12-4-8-14(18)9-5-12/h2-9,17-18H,10H2,1H3. The molecule has 2 aromatic carbocycles. The second-order valence-corrected chi connectivity index (χ2v) is 5.18. The van der Waals surface area contributed by atoms with E-state index in [0.29, 0.717) is 6.61 Å². The first-order valence-electron chi connectivity index (χ1n) is 6.02. The van der Waals surface area contributed by atoms with Crippen LogP contribution in [0.25, 0.3) is 0 Å². The van der Waals surface area contributed by atoms with E-state index in [2.05, 4.69) is 15.6 Å². The summed E-state index contributed by atoms with van der Waals surface area (Å²) in [6.07, 6.45) is 0. The average Bonchev–Trinajstić information content (AvgIpc) is 2.44. The number of ether oxygens (including phenoxy) is 1. The number of benzene rings is 2. The molecule has 0 saturated heterocycles. The zero-order valence-electron chi connectivity index (χ0n) is 11.0. The molecule has 2 rings (SSSR count). The van der Waals surface area contributed by atoms with Crippen molar-refractivity contribution in [2.75, 3.05) is 18.6 Å². The van der Waals surface area contributed by atoms with Crippen LogP contribution in [0.2, 0.25) is 0 Å². The third kappa shape index (κ3) is 3.39. The molecule has 2 N–H and O–H groups in total. The molecule has 0 heterocycles. The summed E-state index contributed by atoms with van der Waals surface area (Å²) in [4.78, 5) is 1.96. The summed E-state index contributed by atoms with van der Waals surface area (Å²) in [5.41, 5.74) is 1.78. The number of hydrogen-bond donors (Lipinski definition) is 2. The van der Waals surface area contributed by atoms with Gasteiger partial charge < -0.3 is 0 Å². The van der Waals surface area contributed by atoms with Gasteiger partial charge in [0.25, 0.3) is 0 Å². The first-order chi connectivity index (χ1) is 9.61. The van der Waals surface area contributed by atoms with E-state index in [-0.39, 0.29) is 11.5 Å². The van der Waals surface area contributed by atoms with Crippen molar-refractivity contribution >= 4 is 31.5 Å². The number of hydrogen-bond acceptors (Lipinski definition) is 4. The Hall–Kier alpha value is -1.81. The van der Waals surface area contributed by atoms with Crippen LogP contribution in [0.4, 0.5) is 11.4 Å². The van der Waals surface area contributed by atoms with Crippen molar-refractivity contribution in [3.05, 3.63) is 48.5 Å². The zero-order valence-corrected chi connectivity index (χ0v) is 12.7. The molecular weight excluding hydrogens is 321 g/mol. The van der Waals surface area contributed by atoms with Crippen molar-refractivity contribution in [2.24, 2.45) is 0 Å². The van der Waals surface area contributed by atoms with Gasteiger partial charge in [0.1, 0.15) is 0 Å². The Morgan fingerprint density at radius 2 is 1.35 bits per heavy atom. The molecule has 0 radical (unpaired) electrons. The summed E-state index contributed by atoms with van der Waals surface area (Å²) in [7, 11) is 1.63. The molecule has 20 heavy (non-hydrogen) atoms. The molecule has 0 bridgehead atoms. The normalized spacial score (nSPS) is 10.2. The number of phenols is 2. The Morgan fingerprint density at radius 1 is 0.950 bits per heavy atom. The van der Waals surface area contributed by atoms with Gasteiger partial charge in [-0.2, -0.15) is 0 Å². The summed E-state index contributed by atoms with van der Waals surface area (Å²) in [6.45, 7) is 0.432. The van der Waals surface area contributed by atoms with Crippen molar-refractivity contribution in [2.45, 2.75) is 0 Å². The van der Waals surface area contributed by atoms with Gasteiger partial charge in [-0.25, -0.2) is 0 Å². The van der Waals surface area contributed by atoms with E-state index >= 15 is 0 Å². The molecule has 0 aromatic heterocycles. The van der Waals surface area contributed by atoms with Crippen LogP contribution in [0, 0.1) is 0 Å². The van der Waals surface area contributed by atoms with Gasteiger partial charge in [-0.3, -0.25) is 0 Å². The van der Waals surface area contributed by atoms with Crippen LogP contribution >= 0.6 is 0 Å². The molecule has 0 fully saturated rings. The third-order valence-electron chi connectivity index (χ3n) is 2.73. The number of nitrogens with zero attached hydrogens (tertiary/aromatic N) is 1. The molecule has 0 aliphatic rings. The van der Waals surface area contributed by atoms with E-state index in [4.69, 9.17) is 4.74 Å². The van der Waals surface area contributed by atoms with Crippen molar-refractivity contribution in [1.82, 2.24) is 0 Å². The fraction of sp³-hybridized carbons (Fsp3) is 0.133. The van der Waals surface area contributed by atoms with Gasteiger partial charge in [0.05, 0.1) is 0 Å². The first-order valence-corrected chi connectivity index (χ1v) is 6.87. The van der Waals surface area contributed by atoms with Gasteiger partial charge in [0.15, 0.2) is 0 Å². The van der Waals surface area contributed by atoms with Crippen molar-refractivity contribution in [3.63, 3.8) is 0 Å². The van der Waals surface area contributed by atoms with E-state index in [9.17, 15) is 10.2 Å². The monoisotopic (exact) mass is 337 g/mol. The van der Waals surface area contributed by atoms with Gasteiger partial charge in [-0.15, -0.1) is 0 Å². The van der Waals surface area contributed by atoms with Crippen molar-refractivity contribution < 1.29 is 14.9 Å².